The molecule has 1 aromatic heterocycles. The number of fused-ring (bicyclic) bond motifs is 2. The second kappa shape index (κ2) is 4.63. The predicted octanol–water partition coefficient (Wildman–Crippen LogP) is 4.02. The van der Waals surface area contributed by atoms with Crippen LogP contribution in [0.25, 0.3) is 22.0 Å². The summed E-state index contributed by atoms with van der Waals surface area (Å²) in [6, 6.07) is 14.0. The number of H-pyrrole nitrogens is 1. The number of nitrogens with one attached hydrogen (secondary N) is 2. The minimum Gasteiger partial charge on any atom is -0.399 e. The van der Waals surface area contributed by atoms with E-state index in [1.165, 1.54) is 0 Å². The lowest BCUT2D eigenvalue weighted by atomic mass is 10.0. The highest BCUT2D eigenvalue weighted by atomic mass is 79.9. The first-order valence-corrected chi connectivity index (χ1v) is 7.23. The summed E-state index contributed by atoms with van der Waals surface area (Å²) in [6.07, 6.45) is 0.450. The molecule has 1 aliphatic rings. The summed E-state index contributed by atoms with van der Waals surface area (Å²) in [4.78, 5) is 14.7. The van der Waals surface area contributed by atoms with Gasteiger partial charge < -0.3 is 14.1 Å². The lowest BCUT2D eigenvalue weighted by Crippen LogP contribution is -2.03. The van der Waals surface area contributed by atoms with Gasteiger partial charge in [0.25, 0.3) is 0 Å². The fourth-order valence-electron chi connectivity index (χ4n) is 2.83. The second-order valence-electron chi connectivity index (χ2n) is 5.05. The molecule has 0 atom stereocenters. The van der Waals surface area contributed by atoms with Crippen LogP contribution in [0.4, 0.5) is 5.69 Å². The van der Waals surface area contributed by atoms with Crippen LogP contribution in [0.2, 0.25) is 0 Å². The molecule has 2 heterocycles. The molecule has 4 nitrogen and oxygen atoms in total. The molecule has 0 saturated heterocycles. The second-order valence-corrected chi connectivity index (χ2v) is 5.37. The van der Waals surface area contributed by atoms with Crippen LogP contribution in [0, 0.1) is 0 Å². The first-order chi connectivity index (χ1) is 10.3. The Bertz CT molecular complexity index is 870. The maximum atomic E-state index is 11.5. The normalized spacial score (nSPS) is 13.3. The zero-order chi connectivity index (χ0) is 14.4. The van der Waals surface area contributed by atoms with E-state index in [4.69, 9.17) is 3.83 Å². The minimum absolute atomic E-state index is 0.0399. The van der Waals surface area contributed by atoms with E-state index in [0.717, 1.165) is 33.3 Å². The Balaban J connectivity index is 1.94. The van der Waals surface area contributed by atoms with Gasteiger partial charge >= 0.3 is 0 Å². The van der Waals surface area contributed by atoms with E-state index in [1.807, 2.05) is 42.5 Å². The number of aromatic amines is 1. The van der Waals surface area contributed by atoms with Crippen LogP contribution >= 0.6 is 16.3 Å². The molecule has 5 heteroatoms. The number of para-hydroxylation sites is 1. The van der Waals surface area contributed by atoms with Crippen LogP contribution in [0.1, 0.15) is 5.56 Å². The molecule has 4 rings (SSSR count). The number of anilines is 1. The number of hydrogen-bond donors (Lipinski definition) is 2. The zero-order valence-electron chi connectivity index (χ0n) is 10.9. The summed E-state index contributed by atoms with van der Waals surface area (Å²) >= 11 is 3.05. The number of rotatable bonds is 2. The highest BCUT2D eigenvalue weighted by molar-refractivity contribution is 9.06. The Morgan fingerprint density at radius 3 is 2.86 bits per heavy atom. The fraction of sp³-hybridized carbons (Fsp3) is 0.0625. The van der Waals surface area contributed by atoms with E-state index in [2.05, 4.69) is 26.6 Å². The Labute approximate surface area is 129 Å². The van der Waals surface area contributed by atoms with E-state index >= 15 is 0 Å². The van der Waals surface area contributed by atoms with Gasteiger partial charge in [0.1, 0.15) is 0 Å². The standard InChI is InChI=1S/C16H11BrN2O2/c17-21-16-15(11-3-1-2-4-12(11)19-16)10-6-5-9-8-14(20)18-13(9)7-10/h1-7,19H,8H2,(H,18,20). The van der Waals surface area contributed by atoms with Crippen molar-refractivity contribution >= 4 is 38.8 Å². The third kappa shape index (κ3) is 1.93. The van der Waals surface area contributed by atoms with Crippen molar-refractivity contribution in [3.63, 3.8) is 0 Å². The van der Waals surface area contributed by atoms with Crippen molar-refractivity contribution in [2.75, 3.05) is 5.32 Å². The molecule has 0 unspecified atom stereocenters. The van der Waals surface area contributed by atoms with Crippen LogP contribution in [0.5, 0.6) is 5.88 Å². The molecule has 0 radical (unpaired) electrons. The van der Waals surface area contributed by atoms with Gasteiger partial charge in [-0.2, -0.15) is 0 Å². The SMILES string of the molecule is O=C1Cc2ccc(-c3c(OBr)[nH]c4ccccc34)cc2N1. The summed E-state index contributed by atoms with van der Waals surface area (Å²) in [7, 11) is 0. The number of amides is 1. The van der Waals surface area contributed by atoms with Crippen LogP contribution in [-0.2, 0) is 11.2 Å². The van der Waals surface area contributed by atoms with E-state index in [-0.39, 0.29) is 5.91 Å². The van der Waals surface area contributed by atoms with Crippen molar-refractivity contribution in [2.45, 2.75) is 6.42 Å². The zero-order valence-corrected chi connectivity index (χ0v) is 12.5. The van der Waals surface area contributed by atoms with Crippen LogP contribution in [0.15, 0.2) is 42.5 Å². The van der Waals surface area contributed by atoms with Gasteiger partial charge in [0, 0.05) is 16.6 Å². The number of halogens is 1. The third-order valence-electron chi connectivity index (χ3n) is 3.77. The Morgan fingerprint density at radius 2 is 2.00 bits per heavy atom. The van der Waals surface area contributed by atoms with Crippen LogP contribution in [0.3, 0.4) is 0 Å². The van der Waals surface area contributed by atoms with Crippen molar-refractivity contribution in [2.24, 2.45) is 0 Å². The minimum atomic E-state index is 0.0399. The topological polar surface area (TPSA) is 54.1 Å². The number of carbonyl (C=O) groups excluding carboxylic acids is 1. The summed E-state index contributed by atoms with van der Waals surface area (Å²) in [5.41, 5.74) is 4.90. The Hall–Kier alpha value is -2.27. The van der Waals surface area contributed by atoms with Gasteiger partial charge in [0.15, 0.2) is 16.3 Å². The first kappa shape index (κ1) is 12.5. The number of benzene rings is 2. The summed E-state index contributed by atoms with van der Waals surface area (Å²) in [5.74, 6) is 0.693. The van der Waals surface area contributed by atoms with Gasteiger partial charge in [-0.05, 0) is 23.3 Å². The summed E-state index contributed by atoms with van der Waals surface area (Å²) in [5, 5.41) is 3.96. The lowest BCUT2D eigenvalue weighted by molar-refractivity contribution is -0.115. The maximum absolute atomic E-state index is 11.5. The predicted molar refractivity (Wildman–Crippen MR) is 85.6 cm³/mol. The van der Waals surface area contributed by atoms with Crippen molar-refractivity contribution in [1.82, 2.24) is 4.98 Å². The molecule has 0 bridgehead atoms. The van der Waals surface area contributed by atoms with E-state index in [0.29, 0.717) is 12.3 Å². The van der Waals surface area contributed by atoms with Gasteiger partial charge in [-0.15, -0.1) is 0 Å². The lowest BCUT2D eigenvalue weighted by Gasteiger charge is -2.05. The molecule has 0 spiro atoms. The largest absolute Gasteiger partial charge is 0.399 e. The van der Waals surface area contributed by atoms with E-state index in [9.17, 15) is 4.79 Å². The molecular weight excluding hydrogens is 332 g/mol. The highest BCUT2D eigenvalue weighted by Gasteiger charge is 2.20. The van der Waals surface area contributed by atoms with Gasteiger partial charge in [0.05, 0.1) is 12.0 Å². The van der Waals surface area contributed by atoms with Gasteiger partial charge in [0.2, 0.25) is 11.8 Å². The van der Waals surface area contributed by atoms with Gasteiger partial charge in [-0.1, -0.05) is 30.3 Å². The average Bonchev–Trinajstić information content (AvgIpc) is 3.05. The molecular formula is C16H11BrN2O2. The number of carbonyl (C=O) groups is 1. The average molecular weight is 343 g/mol. The molecule has 104 valence electrons. The maximum Gasteiger partial charge on any atom is 0.228 e. The van der Waals surface area contributed by atoms with Gasteiger partial charge in [-0.25, -0.2) is 0 Å². The molecule has 0 fully saturated rings. The summed E-state index contributed by atoms with van der Waals surface area (Å²) in [6.45, 7) is 0. The Kier molecular flexibility index (Phi) is 2.75. The molecule has 0 saturated carbocycles. The Morgan fingerprint density at radius 1 is 1.14 bits per heavy atom. The highest BCUT2D eigenvalue weighted by Crippen LogP contribution is 2.40. The molecule has 2 N–H and O–H groups in total. The molecule has 1 aliphatic heterocycles. The fourth-order valence-corrected chi connectivity index (χ4v) is 3.07. The molecule has 2 aromatic carbocycles. The first-order valence-electron chi connectivity index (χ1n) is 6.59. The number of hydrogen-bond acceptors (Lipinski definition) is 2. The third-order valence-corrected chi connectivity index (χ3v) is 4.10. The molecule has 21 heavy (non-hydrogen) atoms. The van der Waals surface area contributed by atoms with Crippen molar-refractivity contribution < 1.29 is 8.62 Å². The molecule has 0 aliphatic carbocycles. The van der Waals surface area contributed by atoms with Crippen molar-refractivity contribution in [3.8, 4) is 17.0 Å². The van der Waals surface area contributed by atoms with Crippen LogP contribution in [-0.4, -0.2) is 10.9 Å². The van der Waals surface area contributed by atoms with E-state index < -0.39 is 0 Å². The monoisotopic (exact) mass is 342 g/mol. The number of aromatic nitrogens is 1. The van der Waals surface area contributed by atoms with Crippen LogP contribution < -0.4 is 9.15 Å². The quantitative estimate of drug-likeness (QED) is 0.738. The van der Waals surface area contributed by atoms with Crippen molar-refractivity contribution in [3.05, 3.63) is 48.0 Å². The van der Waals surface area contributed by atoms with E-state index in [1.54, 1.807) is 0 Å². The smallest absolute Gasteiger partial charge is 0.228 e. The molecule has 1 amide bonds. The molecule has 3 aromatic rings. The van der Waals surface area contributed by atoms with Crippen molar-refractivity contribution in [1.29, 1.82) is 0 Å². The summed E-state index contributed by atoms with van der Waals surface area (Å²) < 4.78 is 5.29. The van der Waals surface area contributed by atoms with Gasteiger partial charge in [-0.3, -0.25) is 4.79 Å².